The van der Waals surface area contributed by atoms with Crippen molar-refractivity contribution in [3.8, 4) is 11.5 Å². The van der Waals surface area contributed by atoms with E-state index in [1.807, 2.05) is 49.6 Å². The Hall–Kier alpha value is -2.94. The van der Waals surface area contributed by atoms with E-state index in [1.54, 1.807) is 34.4 Å². The van der Waals surface area contributed by atoms with Gasteiger partial charge in [0.15, 0.2) is 11.5 Å². The summed E-state index contributed by atoms with van der Waals surface area (Å²) in [5.41, 5.74) is 1.34. The fourth-order valence-corrected chi connectivity index (χ4v) is 4.77. The summed E-state index contributed by atoms with van der Waals surface area (Å²) < 4.78 is 10.9. The van der Waals surface area contributed by atoms with Gasteiger partial charge in [0.25, 0.3) is 0 Å². The van der Waals surface area contributed by atoms with Gasteiger partial charge in [0, 0.05) is 22.5 Å². The normalized spacial score (nSPS) is 12.0. The molecule has 3 aromatic rings. The Morgan fingerprint density at radius 2 is 1.86 bits per heavy atom. The number of carbonyl (C=O) groups excluding carboxylic acids is 2. The Kier molecular flexibility index (Phi) is 8.05. The Bertz CT molecular complexity index is 1200. The van der Waals surface area contributed by atoms with Gasteiger partial charge in [0.1, 0.15) is 6.54 Å². The third-order valence-electron chi connectivity index (χ3n) is 5.45. The van der Waals surface area contributed by atoms with E-state index < -0.39 is 6.03 Å². The van der Waals surface area contributed by atoms with Crippen LogP contribution in [0.25, 0.3) is 0 Å². The van der Waals surface area contributed by atoms with Crippen molar-refractivity contribution in [1.29, 1.82) is 0 Å². The summed E-state index contributed by atoms with van der Waals surface area (Å²) in [6, 6.07) is 13.8. The molecule has 0 saturated carbocycles. The first kappa shape index (κ1) is 25.2. The first-order valence-electron chi connectivity index (χ1n) is 11.0. The number of amides is 3. The van der Waals surface area contributed by atoms with Crippen LogP contribution in [0.3, 0.4) is 0 Å². The molecule has 0 saturated heterocycles. The summed E-state index contributed by atoms with van der Waals surface area (Å²) >= 11 is 13.7. The number of carbonyl (C=O) groups is 2. The van der Waals surface area contributed by atoms with Crippen molar-refractivity contribution in [3.63, 3.8) is 0 Å². The van der Waals surface area contributed by atoms with E-state index in [0.29, 0.717) is 40.3 Å². The predicted octanol–water partition coefficient (Wildman–Crippen LogP) is 6.25. The number of nitrogens with zero attached hydrogens (tertiary/aromatic N) is 2. The lowest BCUT2D eigenvalue weighted by atomic mass is 10.2. The molecule has 0 bridgehead atoms. The van der Waals surface area contributed by atoms with Gasteiger partial charge in [-0.3, -0.25) is 4.79 Å². The van der Waals surface area contributed by atoms with Crippen molar-refractivity contribution in [1.82, 2.24) is 9.80 Å². The van der Waals surface area contributed by atoms with Crippen LogP contribution < -0.4 is 14.8 Å². The largest absolute Gasteiger partial charge is 0.454 e. The summed E-state index contributed by atoms with van der Waals surface area (Å²) in [7, 11) is 0. The van der Waals surface area contributed by atoms with Gasteiger partial charge in [-0.05, 0) is 61.2 Å². The number of ether oxygens (including phenoxy) is 2. The quantitative estimate of drug-likeness (QED) is 0.371. The molecule has 4 rings (SSSR count). The SMILES string of the molecule is CC(C)N(CC(=O)N(Cc1ccc2c(c1)OCO2)Cc1cccs1)C(=O)Nc1ccc(Cl)cc1Cl. The van der Waals surface area contributed by atoms with Crippen molar-refractivity contribution in [2.24, 2.45) is 0 Å². The maximum atomic E-state index is 13.5. The van der Waals surface area contributed by atoms with Crippen LogP contribution in [0.5, 0.6) is 11.5 Å². The molecule has 7 nitrogen and oxygen atoms in total. The Morgan fingerprint density at radius 1 is 1.06 bits per heavy atom. The number of nitrogens with one attached hydrogen (secondary N) is 1. The van der Waals surface area contributed by atoms with Gasteiger partial charge in [0.05, 0.1) is 17.3 Å². The molecule has 35 heavy (non-hydrogen) atoms. The highest BCUT2D eigenvalue weighted by atomic mass is 35.5. The molecule has 2 heterocycles. The third-order valence-corrected chi connectivity index (χ3v) is 6.86. The molecule has 2 aromatic carbocycles. The minimum atomic E-state index is -0.420. The number of halogens is 2. The maximum Gasteiger partial charge on any atom is 0.322 e. The Morgan fingerprint density at radius 3 is 2.57 bits per heavy atom. The monoisotopic (exact) mass is 533 g/mol. The molecule has 184 valence electrons. The maximum absolute atomic E-state index is 13.5. The van der Waals surface area contributed by atoms with E-state index in [0.717, 1.165) is 10.4 Å². The van der Waals surface area contributed by atoms with Gasteiger partial charge < -0.3 is 24.6 Å². The third kappa shape index (κ3) is 6.39. The van der Waals surface area contributed by atoms with Crippen LogP contribution in [0.1, 0.15) is 24.3 Å². The first-order valence-corrected chi connectivity index (χ1v) is 12.6. The summed E-state index contributed by atoms with van der Waals surface area (Å²) in [6.07, 6.45) is 0. The van der Waals surface area contributed by atoms with E-state index in [2.05, 4.69) is 5.32 Å². The molecule has 1 aromatic heterocycles. The zero-order chi connectivity index (χ0) is 24.9. The van der Waals surface area contributed by atoms with Gasteiger partial charge in [-0.15, -0.1) is 11.3 Å². The van der Waals surface area contributed by atoms with E-state index >= 15 is 0 Å². The van der Waals surface area contributed by atoms with E-state index in [-0.39, 0.29) is 25.3 Å². The molecule has 0 radical (unpaired) electrons. The molecule has 1 N–H and O–H groups in total. The molecule has 10 heteroatoms. The highest BCUT2D eigenvalue weighted by molar-refractivity contribution is 7.09. The second kappa shape index (κ2) is 11.2. The van der Waals surface area contributed by atoms with Crippen LogP contribution in [-0.4, -0.2) is 41.1 Å². The van der Waals surface area contributed by atoms with Crippen molar-refractivity contribution in [3.05, 3.63) is 74.4 Å². The Labute approximate surface area is 218 Å². The molecule has 0 fully saturated rings. The van der Waals surface area contributed by atoms with E-state index in [9.17, 15) is 9.59 Å². The topological polar surface area (TPSA) is 71.1 Å². The average Bonchev–Trinajstić information content (AvgIpc) is 3.50. The fourth-order valence-electron chi connectivity index (χ4n) is 3.60. The zero-order valence-corrected chi connectivity index (χ0v) is 21.6. The smallest absolute Gasteiger partial charge is 0.322 e. The molecule has 0 spiro atoms. The van der Waals surface area contributed by atoms with Gasteiger partial charge in [0.2, 0.25) is 12.7 Å². The standard InChI is InChI=1S/C25H25Cl2N3O4S/c1-16(2)30(25(32)28-21-7-6-18(26)11-20(21)27)14-24(31)29(13-19-4-3-9-35-19)12-17-5-8-22-23(10-17)34-15-33-22/h3-11,16H,12-15H2,1-2H3,(H,28,32). The van der Waals surface area contributed by atoms with Crippen molar-refractivity contribution >= 4 is 52.2 Å². The zero-order valence-electron chi connectivity index (χ0n) is 19.3. The molecule has 0 unspecified atom stereocenters. The van der Waals surface area contributed by atoms with Crippen molar-refractivity contribution < 1.29 is 19.1 Å². The fraction of sp³-hybridized carbons (Fsp3) is 0.280. The van der Waals surface area contributed by atoms with Crippen LogP contribution in [0, 0.1) is 0 Å². The lowest BCUT2D eigenvalue weighted by Gasteiger charge is -2.30. The number of thiophene rings is 1. The predicted molar refractivity (Wildman–Crippen MR) is 138 cm³/mol. The van der Waals surface area contributed by atoms with E-state index in [1.165, 1.54) is 4.90 Å². The van der Waals surface area contributed by atoms with Gasteiger partial charge in [-0.2, -0.15) is 0 Å². The van der Waals surface area contributed by atoms with Crippen molar-refractivity contribution in [2.75, 3.05) is 18.7 Å². The molecule has 1 aliphatic rings. The highest BCUT2D eigenvalue weighted by Crippen LogP contribution is 2.33. The summed E-state index contributed by atoms with van der Waals surface area (Å²) in [5, 5.41) is 5.55. The molecular formula is C25H25Cl2N3O4S. The van der Waals surface area contributed by atoms with Crippen LogP contribution in [0.2, 0.25) is 10.0 Å². The lowest BCUT2D eigenvalue weighted by molar-refractivity contribution is -0.133. The van der Waals surface area contributed by atoms with Gasteiger partial charge in [-0.25, -0.2) is 4.79 Å². The summed E-state index contributed by atoms with van der Waals surface area (Å²) in [5.74, 6) is 1.17. The van der Waals surface area contributed by atoms with Crippen molar-refractivity contribution in [2.45, 2.75) is 33.0 Å². The molecular weight excluding hydrogens is 509 g/mol. The lowest BCUT2D eigenvalue weighted by Crippen LogP contribution is -2.47. The number of anilines is 1. The number of rotatable bonds is 8. The highest BCUT2D eigenvalue weighted by Gasteiger charge is 2.25. The van der Waals surface area contributed by atoms with Crippen LogP contribution >= 0.6 is 34.5 Å². The van der Waals surface area contributed by atoms with Gasteiger partial charge >= 0.3 is 6.03 Å². The minimum Gasteiger partial charge on any atom is -0.454 e. The molecule has 0 aliphatic carbocycles. The molecule has 3 amide bonds. The minimum absolute atomic E-state index is 0.0926. The van der Waals surface area contributed by atoms with Gasteiger partial charge in [-0.1, -0.05) is 35.3 Å². The number of hydrogen-bond donors (Lipinski definition) is 1. The molecule has 1 aliphatic heterocycles. The number of hydrogen-bond acceptors (Lipinski definition) is 5. The second-order valence-corrected chi connectivity index (χ2v) is 10.2. The number of urea groups is 1. The number of benzene rings is 2. The van der Waals surface area contributed by atoms with Crippen LogP contribution in [0.15, 0.2) is 53.9 Å². The van der Waals surface area contributed by atoms with Crippen LogP contribution in [0.4, 0.5) is 10.5 Å². The second-order valence-electron chi connectivity index (χ2n) is 8.29. The summed E-state index contributed by atoms with van der Waals surface area (Å²) in [6.45, 7) is 4.61. The average molecular weight is 534 g/mol. The molecule has 0 atom stereocenters. The Balaban J connectivity index is 1.50. The number of fused-ring (bicyclic) bond motifs is 1. The van der Waals surface area contributed by atoms with E-state index in [4.69, 9.17) is 32.7 Å². The summed E-state index contributed by atoms with van der Waals surface area (Å²) in [4.78, 5) is 30.8. The first-order chi connectivity index (χ1) is 16.8. The van der Waals surface area contributed by atoms with Crippen LogP contribution in [-0.2, 0) is 17.9 Å².